The summed E-state index contributed by atoms with van der Waals surface area (Å²) in [5, 5.41) is 4.26. The molecule has 1 aromatic heterocycles. The van der Waals surface area contributed by atoms with Gasteiger partial charge in [0.1, 0.15) is 0 Å². The number of rotatable bonds is 4. The molecule has 4 nitrogen and oxygen atoms in total. The molecule has 0 bridgehead atoms. The molecule has 90 valence electrons. The fourth-order valence-electron chi connectivity index (χ4n) is 1.84. The van der Waals surface area contributed by atoms with Crippen molar-refractivity contribution in [2.45, 2.75) is 13.3 Å². The molecule has 0 saturated heterocycles. The number of benzene rings is 1. The van der Waals surface area contributed by atoms with Gasteiger partial charge in [0.05, 0.1) is 25.2 Å². The first-order valence-electron chi connectivity index (χ1n) is 5.63. The average molecular weight is 231 g/mol. The summed E-state index contributed by atoms with van der Waals surface area (Å²) in [6.07, 6.45) is 4.47. The van der Waals surface area contributed by atoms with Gasteiger partial charge in [-0.3, -0.25) is 0 Å². The number of aryl methyl sites for hydroxylation is 1. The molecular formula is C13H17N3O. The second-order valence-corrected chi connectivity index (χ2v) is 3.98. The number of hydrogen-bond donors (Lipinski definition) is 1. The van der Waals surface area contributed by atoms with Gasteiger partial charge in [0.2, 0.25) is 0 Å². The van der Waals surface area contributed by atoms with E-state index in [0.29, 0.717) is 6.54 Å². The first kappa shape index (κ1) is 11.7. The predicted octanol–water partition coefficient (Wildman–Crippen LogP) is 1.69. The lowest BCUT2D eigenvalue weighted by molar-refractivity contribution is 0.414. The molecule has 0 aliphatic rings. The third kappa shape index (κ3) is 2.47. The number of hydrogen-bond acceptors (Lipinski definition) is 3. The molecule has 2 aromatic rings. The molecule has 1 aromatic carbocycles. The van der Waals surface area contributed by atoms with Crippen molar-refractivity contribution in [2.24, 2.45) is 5.73 Å². The molecule has 17 heavy (non-hydrogen) atoms. The fourth-order valence-corrected chi connectivity index (χ4v) is 1.84. The summed E-state index contributed by atoms with van der Waals surface area (Å²) in [5.41, 5.74) is 9.05. The highest BCUT2D eigenvalue weighted by Gasteiger charge is 2.04. The van der Waals surface area contributed by atoms with Gasteiger partial charge in [-0.25, -0.2) is 4.68 Å². The second kappa shape index (κ2) is 5.01. The first-order valence-corrected chi connectivity index (χ1v) is 5.63. The maximum atomic E-state index is 5.55. The molecule has 0 aliphatic carbocycles. The number of nitrogens with zero attached hydrogens (tertiary/aromatic N) is 2. The zero-order valence-electron chi connectivity index (χ0n) is 10.2. The molecule has 0 fully saturated rings. The van der Waals surface area contributed by atoms with E-state index in [2.05, 4.69) is 30.2 Å². The molecule has 0 spiro atoms. The maximum absolute atomic E-state index is 5.55. The smallest absolute Gasteiger partial charge is 0.157 e. The Morgan fingerprint density at radius 2 is 2.24 bits per heavy atom. The van der Waals surface area contributed by atoms with Crippen molar-refractivity contribution in [3.8, 4) is 11.4 Å². The predicted molar refractivity (Wildman–Crippen MR) is 67.6 cm³/mol. The summed E-state index contributed by atoms with van der Waals surface area (Å²) < 4.78 is 6.94. The standard InChI is InChI=1S/C13H17N3O/c1-10-7-11(5-6-14)3-4-13(10)16-9-12(17-2)8-15-16/h3-4,7-9H,5-6,14H2,1-2H3. The third-order valence-corrected chi connectivity index (χ3v) is 2.74. The minimum Gasteiger partial charge on any atom is -0.493 e. The Kier molecular flexibility index (Phi) is 3.44. The maximum Gasteiger partial charge on any atom is 0.157 e. The van der Waals surface area contributed by atoms with Crippen LogP contribution in [-0.2, 0) is 6.42 Å². The van der Waals surface area contributed by atoms with Gasteiger partial charge in [-0.05, 0) is 37.1 Å². The second-order valence-electron chi connectivity index (χ2n) is 3.98. The van der Waals surface area contributed by atoms with Crippen molar-refractivity contribution >= 4 is 0 Å². The van der Waals surface area contributed by atoms with Gasteiger partial charge in [-0.1, -0.05) is 12.1 Å². The van der Waals surface area contributed by atoms with E-state index < -0.39 is 0 Å². The van der Waals surface area contributed by atoms with Crippen LogP contribution in [-0.4, -0.2) is 23.4 Å². The molecule has 0 saturated carbocycles. The van der Waals surface area contributed by atoms with Gasteiger partial charge in [0.15, 0.2) is 5.75 Å². The Labute approximate surface area is 101 Å². The Bertz CT molecular complexity index is 505. The van der Waals surface area contributed by atoms with Crippen LogP contribution in [0, 0.1) is 6.92 Å². The van der Waals surface area contributed by atoms with E-state index >= 15 is 0 Å². The van der Waals surface area contributed by atoms with Crippen molar-refractivity contribution in [2.75, 3.05) is 13.7 Å². The van der Waals surface area contributed by atoms with Crippen molar-refractivity contribution < 1.29 is 4.74 Å². The molecule has 1 heterocycles. The number of aromatic nitrogens is 2. The van der Waals surface area contributed by atoms with Gasteiger partial charge in [-0.15, -0.1) is 0 Å². The van der Waals surface area contributed by atoms with Crippen LogP contribution >= 0.6 is 0 Å². The van der Waals surface area contributed by atoms with Gasteiger partial charge < -0.3 is 10.5 Å². The molecule has 0 aliphatic heterocycles. The number of methoxy groups -OCH3 is 1. The van der Waals surface area contributed by atoms with Crippen LogP contribution in [0.2, 0.25) is 0 Å². The highest BCUT2D eigenvalue weighted by molar-refractivity contribution is 5.43. The van der Waals surface area contributed by atoms with Crippen molar-refractivity contribution in [3.05, 3.63) is 41.7 Å². The molecule has 4 heteroatoms. The Balaban J connectivity index is 2.32. The molecule has 0 radical (unpaired) electrons. The normalized spacial score (nSPS) is 10.5. The van der Waals surface area contributed by atoms with Crippen molar-refractivity contribution in [1.29, 1.82) is 0 Å². The highest BCUT2D eigenvalue weighted by atomic mass is 16.5. The molecule has 2 N–H and O–H groups in total. The summed E-state index contributed by atoms with van der Waals surface area (Å²) in [6, 6.07) is 6.30. The largest absolute Gasteiger partial charge is 0.493 e. The van der Waals surface area contributed by atoms with Gasteiger partial charge in [0.25, 0.3) is 0 Å². The Hall–Kier alpha value is -1.81. The minimum atomic E-state index is 0.675. The lowest BCUT2D eigenvalue weighted by Gasteiger charge is -2.07. The number of nitrogens with two attached hydrogens (primary N) is 1. The van der Waals surface area contributed by atoms with Gasteiger partial charge >= 0.3 is 0 Å². The van der Waals surface area contributed by atoms with Gasteiger partial charge in [-0.2, -0.15) is 5.10 Å². The molecular weight excluding hydrogens is 214 g/mol. The van der Waals surface area contributed by atoms with Crippen LogP contribution in [0.4, 0.5) is 0 Å². The monoisotopic (exact) mass is 231 g/mol. The summed E-state index contributed by atoms with van der Waals surface area (Å²) in [7, 11) is 1.64. The van der Waals surface area contributed by atoms with E-state index in [1.807, 2.05) is 10.9 Å². The van der Waals surface area contributed by atoms with Crippen LogP contribution in [0.5, 0.6) is 5.75 Å². The van der Waals surface area contributed by atoms with Crippen LogP contribution in [0.3, 0.4) is 0 Å². The van der Waals surface area contributed by atoms with E-state index in [1.54, 1.807) is 13.3 Å². The third-order valence-electron chi connectivity index (χ3n) is 2.74. The topological polar surface area (TPSA) is 53.1 Å². The lowest BCUT2D eigenvalue weighted by Crippen LogP contribution is -2.04. The van der Waals surface area contributed by atoms with Gasteiger partial charge in [0, 0.05) is 0 Å². The molecule has 0 atom stereocenters. The van der Waals surface area contributed by atoms with Crippen molar-refractivity contribution in [3.63, 3.8) is 0 Å². The van der Waals surface area contributed by atoms with E-state index in [0.717, 1.165) is 17.9 Å². The Morgan fingerprint density at radius 1 is 1.41 bits per heavy atom. The van der Waals surface area contributed by atoms with E-state index in [-0.39, 0.29) is 0 Å². The summed E-state index contributed by atoms with van der Waals surface area (Å²) in [5.74, 6) is 0.760. The first-order chi connectivity index (χ1) is 8.24. The van der Waals surface area contributed by atoms with E-state index in [1.165, 1.54) is 11.1 Å². The zero-order valence-corrected chi connectivity index (χ0v) is 10.2. The molecule has 0 unspecified atom stereocenters. The van der Waals surface area contributed by atoms with Crippen LogP contribution in [0.15, 0.2) is 30.6 Å². The lowest BCUT2D eigenvalue weighted by atomic mass is 10.1. The van der Waals surface area contributed by atoms with Crippen molar-refractivity contribution in [1.82, 2.24) is 9.78 Å². The summed E-state index contributed by atoms with van der Waals surface area (Å²) in [4.78, 5) is 0. The molecule has 2 rings (SSSR count). The highest BCUT2D eigenvalue weighted by Crippen LogP contribution is 2.18. The minimum absolute atomic E-state index is 0.675. The van der Waals surface area contributed by atoms with E-state index in [4.69, 9.17) is 10.5 Å². The van der Waals surface area contributed by atoms with Crippen LogP contribution in [0.25, 0.3) is 5.69 Å². The van der Waals surface area contributed by atoms with Crippen LogP contribution < -0.4 is 10.5 Å². The summed E-state index contributed by atoms with van der Waals surface area (Å²) in [6.45, 7) is 2.75. The van der Waals surface area contributed by atoms with Crippen LogP contribution in [0.1, 0.15) is 11.1 Å². The zero-order chi connectivity index (χ0) is 12.3. The van der Waals surface area contributed by atoms with E-state index in [9.17, 15) is 0 Å². The SMILES string of the molecule is COc1cnn(-c2ccc(CCN)cc2C)c1. The molecule has 0 amide bonds. The Morgan fingerprint density at radius 3 is 2.82 bits per heavy atom. The number of ether oxygens (including phenoxy) is 1. The fraction of sp³-hybridized carbons (Fsp3) is 0.308. The average Bonchev–Trinajstić information content (AvgIpc) is 2.78. The quantitative estimate of drug-likeness (QED) is 0.871. The summed E-state index contributed by atoms with van der Waals surface area (Å²) >= 11 is 0.